The average molecular weight is 680 g/mol. The van der Waals surface area contributed by atoms with Gasteiger partial charge in [-0.05, 0) is 74.2 Å². The van der Waals surface area contributed by atoms with Gasteiger partial charge in [-0.15, -0.1) is 0 Å². The lowest BCUT2D eigenvalue weighted by Gasteiger charge is -2.34. The van der Waals surface area contributed by atoms with Gasteiger partial charge >= 0.3 is 6.18 Å². The van der Waals surface area contributed by atoms with E-state index in [0.717, 1.165) is 34.4 Å². The lowest BCUT2D eigenvalue weighted by atomic mass is 10.0. The zero-order valence-corrected chi connectivity index (χ0v) is 28.2. The van der Waals surface area contributed by atoms with Gasteiger partial charge in [0, 0.05) is 19.0 Å². The van der Waals surface area contributed by atoms with Crippen LogP contribution in [-0.4, -0.2) is 43.8 Å². The molecule has 11 heteroatoms. The first kappa shape index (κ1) is 36.2. The second-order valence-corrected chi connectivity index (χ2v) is 13.7. The van der Waals surface area contributed by atoms with Gasteiger partial charge in [-0.25, -0.2) is 8.42 Å². The van der Waals surface area contributed by atoms with E-state index in [-0.39, 0.29) is 29.6 Å². The molecule has 4 rings (SSSR count). The molecule has 0 aliphatic carbocycles. The Labute approximate surface area is 280 Å². The molecule has 0 radical (unpaired) electrons. The van der Waals surface area contributed by atoms with Crippen molar-refractivity contribution >= 4 is 27.5 Å². The minimum absolute atomic E-state index is 0.0437. The van der Waals surface area contributed by atoms with Crippen molar-refractivity contribution in [2.24, 2.45) is 0 Å². The van der Waals surface area contributed by atoms with Crippen LogP contribution in [0.15, 0.2) is 108 Å². The van der Waals surface area contributed by atoms with Gasteiger partial charge < -0.3 is 10.2 Å². The van der Waals surface area contributed by atoms with Crippen molar-refractivity contribution in [3.05, 3.63) is 131 Å². The number of carbonyl (C=O) groups is 2. The molecule has 7 nitrogen and oxygen atoms in total. The number of alkyl halides is 3. The molecule has 4 aromatic rings. The third-order valence-electron chi connectivity index (χ3n) is 8.22. The Morgan fingerprint density at radius 1 is 0.854 bits per heavy atom. The highest BCUT2D eigenvalue weighted by molar-refractivity contribution is 7.92. The molecule has 0 aliphatic rings. The number of benzene rings is 4. The Morgan fingerprint density at radius 2 is 1.50 bits per heavy atom. The first-order valence-corrected chi connectivity index (χ1v) is 17.1. The number of hydrogen-bond donors (Lipinski definition) is 1. The van der Waals surface area contributed by atoms with Crippen molar-refractivity contribution in [2.45, 2.75) is 70.2 Å². The molecule has 0 aromatic heterocycles. The van der Waals surface area contributed by atoms with Gasteiger partial charge in [0.2, 0.25) is 11.8 Å². The van der Waals surface area contributed by atoms with E-state index >= 15 is 0 Å². The molecule has 1 N–H and O–H groups in total. The Morgan fingerprint density at radius 3 is 2.12 bits per heavy atom. The quantitative estimate of drug-likeness (QED) is 0.164. The summed E-state index contributed by atoms with van der Waals surface area (Å²) in [6.45, 7) is 6.49. The summed E-state index contributed by atoms with van der Waals surface area (Å²) in [5.41, 5.74) is 1.72. The van der Waals surface area contributed by atoms with Gasteiger partial charge in [0.25, 0.3) is 10.0 Å². The molecule has 0 saturated carbocycles. The van der Waals surface area contributed by atoms with Crippen LogP contribution in [0, 0.1) is 13.8 Å². The predicted octanol–water partition coefficient (Wildman–Crippen LogP) is 7.07. The third-order valence-corrected chi connectivity index (χ3v) is 10.0. The van der Waals surface area contributed by atoms with Gasteiger partial charge in [-0.2, -0.15) is 13.2 Å². The Bertz CT molecular complexity index is 1810. The fourth-order valence-electron chi connectivity index (χ4n) is 5.17. The number of sulfonamides is 1. The van der Waals surface area contributed by atoms with E-state index < -0.39 is 46.2 Å². The fourth-order valence-corrected chi connectivity index (χ4v) is 6.58. The molecule has 0 saturated heterocycles. The molecule has 48 heavy (non-hydrogen) atoms. The highest BCUT2D eigenvalue weighted by Crippen LogP contribution is 2.33. The summed E-state index contributed by atoms with van der Waals surface area (Å²) in [6, 6.07) is 24.8. The van der Waals surface area contributed by atoms with Crippen molar-refractivity contribution in [3.8, 4) is 0 Å². The number of carbonyl (C=O) groups excluding carboxylic acids is 2. The first-order chi connectivity index (χ1) is 22.7. The summed E-state index contributed by atoms with van der Waals surface area (Å²) < 4.78 is 70.4. The van der Waals surface area contributed by atoms with E-state index in [1.165, 1.54) is 23.1 Å². The summed E-state index contributed by atoms with van der Waals surface area (Å²) in [7, 11) is -4.55. The van der Waals surface area contributed by atoms with Crippen LogP contribution in [0.2, 0.25) is 0 Å². The minimum Gasteiger partial charge on any atom is -0.352 e. The monoisotopic (exact) mass is 679 g/mol. The maximum absolute atomic E-state index is 14.6. The highest BCUT2D eigenvalue weighted by Gasteiger charge is 2.36. The molecule has 2 amide bonds. The van der Waals surface area contributed by atoms with Crippen LogP contribution in [0.5, 0.6) is 0 Å². The minimum atomic E-state index is -4.76. The Kier molecular flexibility index (Phi) is 11.7. The molecule has 0 fully saturated rings. The standard InChI is InChI=1S/C37H40F3N3O4S/c1-5-28(4)41-36(45)34(22-29-13-7-6-8-14-29)42(24-30-15-10-9-12-27(30)3)35(44)25-43(32-17-11-16-31(23-32)37(38,39)40)48(46,47)33-20-18-26(2)19-21-33/h6-21,23,28,34H,5,22,24-25H2,1-4H3,(H,41,45)/t28-,34+/m1/s1. The normalized spacial score (nSPS) is 13.0. The van der Waals surface area contributed by atoms with Crippen LogP contribution in [0.25, 0.3) is 0 Å². The number of halogens is 3. The largest absolute Gasteiger partial charge is 0.416 e. The number of aryl methyl sites for hydroxylation is 2. The molecule has 4 aromatic carbocycles. The number of amides is 2. The Hall–Kier alpha value is -4.64. The lowest BCUT2D eigenvalue weighted by molar-refractivity contribution is -0.140. The molecular formula is C37H40F3N3O4S. The number of nitrogens with one attached hydrogen (secondary N) is 1. The maximum atomic E-state index is 14.6. The Balaban J connectivity index is 1.86. The van der Waals surface area contributed by atoms with Crippen LogP contribution in [0.4, 0.5) is 18.9 Å². The van der Waals surface area contributed by atoms with Gasteiger partial charge in [0.05, 0.1) is 16.1 Å². The summed E-state index contributed by atoms with van der Waals surface area (Å²) in [5, 5.41) is 2.97. The zero-order chi connectivity index (χ0) is 35.1. The van der Waals surface area contributed by atoms with E-state index in [0.29, 0.717) is 16.8 Å². The van der Waals surface area contributed by atoms with E-state index in [1.807, 2.05) is 69.3 Å². The number of nitrogens with zero attached hydrogens (tertiary/aromatic N) is 2. The predicted molar refractivity (Wildman–Crippen MR) is 181 cm³/mol. The van der Waals surface area contributed by atoms with Crippen LogP contribution < -0.4 is 9.62 Å². The molecule has 2 atom stereocenters. The van der Waals surface area contributed by atoms with Crippen LogP contribution in [0.3, 0.4) is 0 Å². The van der Waals surface area contributed by atoms with Crippen LogP contribution in [0.1, 0.15) is 48.1 Å². The third kappa shape index (κ3) is 9.03. The molecule has 0 unspecified atom stereocenters. The second-order valence-electron chi connectivity index (χ2n) is 11.8. The van der Waals surface area contributed by atoms with E-state index in [1.54, 1.807) is 25.1 Å². The van der Waals surface area contributed by atoms with Crippen molar-refractivity contribution in [2.75, 3.05) is 10.8 Å². The average Bonchev–Trinajstić information content (AvgIpc) is 3.06. The van der Waals surface area contributed by atoms with E-state index in [2.05, 4.69) is 5.32 Å². The van der Waals surface area contributed by atoms with Gasteiger partial charge in [0.15, 0.2) is 0 Å². The number of hydrogen-bond acceptors (Lipinski definition) is 4. The number of anilines is 1. The van der Waals surface area contributed by atoms with Crippen LogP contribution >= 0.6 is 0 Å². The number of rotatable bonds is 13. The van der Waals surface area contributed by atoms with E-state index in [4.69, 9.17) is 0 Å². The van der Waals surface area contributed by atoms with Gasteiger partial charge in [-0.1, -0.05) is 85.3 Å². The maximum Gasteiger partial charge on any atom is 0.416 e. The fraction of sp³-hybridized carbons (Fsp3) is 0.297. The smallest absolute Gasteiger partial charge is 0.352 e. The molecule has 0 heterocycles. The molecular weight excluding hydrogens is 639 g/mol. The molecule has 0 spiro atoms. The van der Waals surface area contributed by atoms with Crippen molar-refractivity contribution in [3.63, 3.8) is 0 Å². The molecule has 0 bridgehead atoms. The van der Waals surface area contributed by atoms with Crippen molar-refractivity contribution in [1.82, 2.24) is 10.2 Å². The lowest BCUT2D eigenvalue weighted by Crippen LogP contribution is -2.54. The van der Waals surface area contributed by atoms with E-state index in [9.17, 15) is 31.2 Å². The topological polar surface area (TPSA) is 86.8 Å². The molecule has 254 valence electrons. The highest BCUT2D eigenvalue weighted by atomic mass is 32.2. The zero-order valence-electron chi connectivity index (χ0n) is 27.4. The van der Waals surface area contributed by atoms with Gasteiger partial charge in [-0.3, -0.25) is 13.9 Å². The van der Waals surface area contributed by atoms with Crippen molar-refractivity contribution < 1.29 is 31.2 Å². The van der Waals surface area contributed by atoms with Crippen LogP contribution in [-0.2, 0) is 38.8 Å². The molecule has 0 aliphatic heterocycles. The van der Waals surface area contributed by atoms with Crippen molar-refractivity contribution in [1.29, 1.82) is 0 Å². The summed E-state index contributed by atoms with van der Waals surface area (Å²) >= 11 is 0. The SMILES string of the molecule is CC[C@@H](C)NC(=O)[C@H](Cc1ccccc1)N(Cc1ccccc1C)C(=O)CN(c1cccc(C(F)(F)F)c1)S(=O)(=O)c1ccc(C)cc1. The summed E-state index contributed by atoms with van der Waals surface area (Å²) in [6.07, 6.45) is -4.01. The second kappa shape index (κ2) is 15.5. The summed E-state index contributed by atoms with van der Waals surface area (Å²) in [5.74, 6) is -1.19. The van der Waals surface area contributed by atoms with Gasteiger partial charge in [0.1, 0.15) is 12.6 Å². The summed E-state index contributed by atoms with van der Waals surface area (Å²) in [4.78, 5) is 29.6. The first-order valence-electron chi connectivity index (χ1n) is 15.7.